The number of rotatable bonds is 7. The fourth-order valence-electron chi connectivity index (χ4n) is 2.29. The minimum Gasteiger partial charge on any atom is -0.497 e. The number of amides is 1. The van der Waals surface area contributed by atoms with Crippen molar-refractivity contribution in [1.82, 2.24) is 5.27 Å². The van der Waals surface area contributed by atoms with Crippen LogP contribution in [0.3, 0.4) is 0 Å². The van der Waals surface area contributed by atoms with Gasteiger partial charge in [0.1, 0.15) is 5.75 Å². The molecule has 11 heteroatoms. The maximum atomic E-state index is 12.1. The number of carbonyl (C=O) groups is 1. The second kappa shape index (κ2) is 8.39. The molecule has 0 unspecified atom stereocenters. The summed E-state index contributed by atoms with van der Waals surface area (Å²) in [6.07, 6.45) is 0. The molecule has 0 aliphatic carbocycles. The lowest BCUT2D eigenvalue weighted by molar-refractivity contribution is -0.704. The molecule has 0 saturated heterocycles. The lowest BCUT2D eigenvalue weighted by Gasteiger charge is -2.03. The number of nitrogens with one attached hydrogen (secondary N) is 2. The molecule has 1 amide bonds. The van der Waals surface area contributed by atoms with Crippen LogP contribution in [0.2, 0.25) is 0 Å². The van der Waals surface area contributed by atoms with E-state index < -0.39 is 10.5 Å². The van der Waals surface area contributed by atoms with Crippen LogP contribution < -0.4 is 20.4 Å². The highest BCUT2D eigenvalue weighted by Gasteiger charge is 2.25. The van der Waals surface area contributed by atoms with Crippen LogP contribution in [-0.4, -0.2) is 29.0 Å². The number of anilines is 1. The molecule has 2 N–H and O–H groups in total. The standard InChI is InChI=1S/C17H14N4O6S/c1-26-14-8-6-12(7-9-14)20-16(17(23)27-19-20)28-10-15(22)18-11-2-4-13(5-3-11)21(24)25/h2-9H,10H2,1H3,(H-,18,19,22,23)/p+1. The number of methoxy groups -OCH3 is 1. The molecule has 0 saturated carbocycles. The minimum absolute atomic E-state index is 0.0598. The third-order valence-corrected chi connectivity index (χ3v) is 4.67. The Kier molecular flexibility index (Phi) is 5.75. The van der Waals surface area contributed by atoms with E-state index in [4.69, 9.17) is 9.26 Å². The third-order valence-electron chi connectivity index (χ3n) is 3.64. The van der Waals surface area contributed by atoms with Crippen LogP contribution in [0.1, 0.15) is 0 Å². The van der Waals surface area contributed by atoms with Gasteiger partial charge in [0.05, 0.1) is 17.8 Å². The molecule has 0 radical (unpaired) electrons. The molecule has 28 heavy (non-hydrogen) atoms. The molecule has 1 heterocycles. The van der Waals surface area contributed by atoms with E-state index in [1.807, 2.05) is 0 Å². The van der Waals surface area contributed by atoms with Crippen LogP contribution in [0, 0.1) is 10.1 Å². The number of nitro groups is 1. The van der Waals surface area contributed by atoms with Gasteiger partial charge in [-0.3, -0.25) is 19.4 Å². The molecule has 10 nitrogen and oxygen atoms in total. The highest BCUT2D eigenvalue weighted by molar-refractivity contribution is 7.99. The summed E-state index contributed by atoms with van der Waals surface area (Å²) >= 11 is 0.994. The van der Waals surface area contributed by atoms with Crippen molar-refractivity contribution in [3.8, 4) is 11.4 Å². The number of benzene rings is 2. The Morgan fingerprint density at radius 3 is 2.54 bits per heavy atom. The van der Waals surface area contributed by atoms with E-state index in [0.717, 1.165) is 11.8 Å². The van der Waals surface area contributed by atoms with E-state index >= 15 is 0 Å². The van der Waals surface area contributed by atoms with Gasteiger partial charge < -0.3 is 10.1 Å². The molecule has 0 atom stereocenters. The van der Waals surface area contributed by atoms with Crippen molar-refractivity contribution in [3.05, 3.63) is 69.1 Å². The number of aromatic nitrogens is 2. The van der Waals surface area contributed by atoms with E-state index in [2.05, 4.69) is 10.6 Å². The van der Waals surface area contributed by atoms with Gasteiger partial charge in [-0.1, -0.05) is 0 Å². The van der Waals surface area contributed by atoms with Crippen molar-refractivity contribution in [2.24, 2.45) is 0 Å². The van der Waals surface area contributed by atoms with Crippen molar-refractivity contribution >= 4 is 29.0 Å². The number of non-ortho nitro benzene ring substituents is 1. The third kappa shape index (κ3) is 4.38. The summed E-state index contributed by atoms with van der Waals surface area (Å²) < 4.78 is 11.3. The molecule has 0 spiro atoms. The average molecular weight is 403 g/mol. The van der Waals surface area contributed by atoms with Gasteiger partial charge in [0.2, 0.25) is 11.6 Å². The Hall–Kier alpha value is -3.60. The predicted molar refractivity (Wildman–Crippen MR) is 99.9 cm³/mol. The summed E-state index contributed by atoms with van der Waals surface area (Å²) in [5.74, 6) is 0.225. The average Bonchev–Trinajstić information content (AvgIpc) is 3.07. The van der Waals surface area contributed by atoms with Gasteiger partial charge in [0.15, 0.2) is 0 Å². The molecule has 3 rings (SSSR count). The molecule has 0 aliphatic rings. The van der Waals surface area contributed by atoms with Crippen molar-refractivity contribution in [3.63, 3.8) is 0 Å². The van der Waals surface area contributed by atoms with Gasteiger partial charge in [0, 0.05) is 30.0 Å². The van der Waals surface area contributed by atoms with Crippen LogP contribution in [0.25, 0.3) is 5.69 Å². The van der Waals surface area contributed by atoms with Crippen molar-refractivity contribution in [1.29, 1.82) is 0 Å². The zero-order valence-corrected chi connectivity index (χ0v) is 15.4. The number of hydrogen-bond donors (Lipinski definition) is 2. The highest BCUT2D eigenvalue weighted by atomic mass is 32.2. The fraction of sp³-hybridized carbons (Fsp3) is 0.118. The van der Waals surface area contributed by atoms with Gasteiger partial charge in [0.25, 0.3) is 5.69 Å². The Morgan fingerprint density at radius 2 is 1.93 bits per heavy atom. The van der Waals surface area contributed by atoms with E-state index in [1.165, 1.54) is 28.9 Å². The summed E-state index contributed by atoms with van der Waals surface area (Å²) in [4.78, 5) is 34.2. The Morgan fingerprint density at radius 1 is 1.25 bits per heavy atom. The summed E-state index contributed by atoms with van der Waals surface area (Å²) in [6.45, 7) is 0. The maximum absolute atomic E-state index is 12.1. The zero-order valence-electron chi connectivity index (χ0n) is 14.6. The largest absolute Gasteiger partial charge is 0.497 e. The molecule has 3 aromatic rings. The first kappa shape index (κ1) is 19.2. The lowest BCUT2D eigenvalue weighted by Crippen LogP contribution is -2.36. The molecule has 0 bridgehead atoms. The first-order chi connectivity index (χ1) is 13.5. The van der Waals surface area contributed by atoms with Gasteiger partial charge in [-0.2, -0.15) is 0 Å². The highest BCUT2D eigenvalue weighted by Crippen LogP contribution is 2.17. The van der Waals surface area contributed by atoms with Crippen molar-refractivity contribution < 1.29 is 23.7 Å². The molecule has 0 aliphatic heterocycles. The maximum Gasteiger partial charge on any atom is 0.442 e. The molecule has 0 fully saturated rings. The second-order valence-corrected chi connectivity index (χ2v) is 6.42. The molecular formula is C17H15N4O6S+. The fourth-order valence-corrected chi connectivity index (χ4v) is 3.06. The Labute approximate surface area is 162 Å². The zero-order chi connectivity index (χ0) is 20.1. The smallest absolute Gasteiger partial charge is 0.442 e. The van der Waals surface area contributed by atoms with Gasteiger partial charge in [-0.05, 0) is 46.0 Å². The number of carbonyl (C=O) groups excluding carboxylic acids is 1. The van der Waals surface area contributed by atoms with Gasteiger partial charge in [-0.15, -0.1) is 0 Å². The second-order valence-electron chi connectivity index (χ2n) is 5.46. The van der Waals surface area contributed by atoms with Gasteiger partial charge >= 0.3 is 10.7 Å². The molecular weight excluding hydrogens is 388 g/mol. The number of ether oxygens (including phenoxy) is 1. The summed E-state index contributed by atoms with van der Waals surface area (Å²) in [6, 6.07) is 12.4. The SMILES string of the molecule is COc1ccc(-[n+]2[nH]oc(=O)c2SCC(=O)Nc2ccc([N+](=O)[O-])cc2)cc1. The topological polar surface area (TPSA) is 131 Å². The number of aromatic amines is 1. The van der Waals surface area contributed by atoms with Crippen molar-refractivity contribution in [2.45, 2.75) is 5.03 Å². The predicted octanol–water partition coefficient (Wildman–Crippen LogP) is 1.89. The van der Waals surface area contributed by atoms with Crippen molar-refractivity contribution in [2.75, 3.05) is 18.2 Å². The van der Waals surface area contributed by atoms with Crippen LogP contribution in [0.15, 0.2) is 62.9 Å². The first-order valence-corrected chi connectivity index (χ1v) is 8.91. The quantitative estimate of drug-likeness (QED) is 0.266. The monoisotopic (exact) mass is 403 g/mol. The minimum atomic E-state index is -0.607. The number of hydrogen-bond acceptors (Lipinski definition) is 7. The van der Waals surface area contributed by atoms with Crippen LogP contribution in [-0.2, 0) is 4.79 Å². The summed E-state index contributed by atoms with van der Waals surface area (Å²) in [5.41, 5.74) is 0.368. The number of H-pyrrole nitrogens is 1. The van der Waals surface area contributed by atoms with E-state index in [-0.39, 0.29) is 22.4 Å². The summed E-state index contributed by atoms with van der Waals surface area (Å²) in [7, 11) is 1.55. The van der Waals surface area contributed by atoms with E-state index in [0.29, 0.717) is 17.1 Å². The summed E-state index contributed by atoms with van der Waals surface area (Å²) in [5, 5.41) is 16.0. The van der Waals surface area contributed by atoms with E-state index in [9.17, 15) is 19.7 Å². The van der Waals surface area contributed by atoms with Crippen LogP contribution >= 0.6 is 11.8 Å². The molecule has 144 valence electrons. The van der Waals surface area contributed by atoms with Gasteiger partial charge in [-0.25, -0.2) is 4.79 Å². The molecule has 2 aromatic carbocycles. The lowest BCUT2D eigenvalue weighted by atomic mass is 10.3. The Bertz CT molecular complexity index is 1040. The van der Waals surface area contributed by atoms with E-state index in [1.54, 1.807) is 31.4 Å². The Balaban J connectivity index is 1.67. The number of thioether (sulfide) groups is 1. The normalized spacial score (nSPS) is 10.5. The first-order valence-electron chi connectivity index (χ1n) is 7.93. The number of nitrogens with zero attached hydrogens (tertiary/aromatic N) is 2. The van der Waals surface area contributed by atoms with Crippen LogP contribution in [0.5, 0.6) is 5.75 Å². The number of nitro benzene ring substituents is 1. The van der Waals surface area contributed by atoms with Crippen LogP contribution in [0.4, 0.5) is 11.4 Å². The molecule has 1 aromatic heterocycles.